The number of hydrogen-bond donors (Lipinski definition) is 1. The summed E-state index contributed by atoms with van der Waals surface area (Å²) < 4.78 is 41.9. The van der Waals surface area contributed by atoms with E-state index < -0.39 is 18.0 Å². The SMILES string of the molecule is Cc1ccc(-c2ccc([C@H](O)C(F)(F)F)o2)cc1. The molecule has 0 bridgehead atoms. The number of aliphatic hydroxyl groups is 1. The lowest BCUT2D eigenvalue weighted by Gasteiger charge is -2.11. The van der Waals surface area contributed by atoms with Gasteiger partial charge in [-0.15, -0.1) is 0 Å². The molecule has 0 aliphatic carbocycles. The quantitative estimate of drug-likeness (QED) is 0.885. The van der Waals surface area contributed by atoms with E-state index in [1.807, 2.05) is 19.1 Å². The first kappa shape index (κ1) is 12.7. The van der Waals surface area contributed by atoms with Crippen LogP contribution in [0, 0.1) is 6.92 Å². The third kappa shape index (κ3) is 2.56. The molecule has 0 saturated heterocycles. The fraction of sp³-hybridized carbons (Fsp3) is 0.231. The number of aryl methyl sites for hydroxylation is 1. The van der Waals surface area contributed by atoms with Gasteiger partial charge in [-0.3, -0.25) is 0 Å². The molecule has 0 spiro atoms. The highest BCUT2D eigenvalue weighted by molar-refractivity contribution is 5.57. The van der Waals surface area contributed by atoms with Gasteiger partial charge in [0.1, 0.15) is 11.5 Å². The van der Waals surface area contributed by atoms with Crippen LogP contribution < -0.4 is 0 Å². The molecule has 2 rings (SSSR count). The zero-order chi connectivity index (χ0) is 13.3. The average Bonchev–Trinajstić information content (AvgIpc) is 2.77. The van der Waals surface area contributed by atoms with Crippen LogP contribution >= 0.6 is 0 Å². The molecule has 0 amide bonds. The van der Waals surface area contributed by atoms with Crippen LogP contribution in [0.25, 0.3) is 11.3 Å². The number of furan rings is 1. The fourth-order valence-corrected chi connectivity index (χ4v) is 1.53. The second-order valence-electron chi connectivity index (χ2n) is 4.01. The molecule has 0 fully saturated rings. The Hall–Kier alpha value is -1.75. The maximum absolute atomic E-state index is 12.3. The second-order valence-corrected chi connectivity index (χ2v) is 4.01. The zero-order valence-electron chi connectivity index (χ0n) is 9.53. The van der Waals surface area contributed by atoms with Crippen LogP contribution in [0.15, 0.2) is 40.8 Å². The molecule has 1 aromatic heterocycles. The topological polar surface area (TPSA) is 33.4 Å². The third-order valence-electron chi connectivity index (χ3n) is 2.54. The van der Waals surface area contributed by atoms with Crippen molar-refractivity contribution in [2.24, 2.45) is 0 Å². The highest BCUT2D eigenvalue weighted by Crippen LogP contribution is 2.35. The van der Waals surface area contributed by atoms with E-state index in [4.69, 9.17) is 9.52 Å². The van der Waals surface area contributed by atoms with Crippen molar-refractivity contribution in [2.45, 2.75) is 19.2 Å². The molecule has 1 heterocycles. The highest BCUT2D eigenvalue weighted by Gasteiger charge is 2.41. The summed E-state index contributed by atoms with van der Waals surface area (Å²) in [6.45, 7) is 1.91. The van der Waals surface area contributed by atoms with E-state index in [1.165, 1.54) is 6.07 Å². The van der Waals surface area contributed by atoms with E-state index in [-0.39, 0.29) is 0 Å². The first-order valence-corrected chi connectivity index (χ1v) is 5.29. The van der Waals surface area contributed by atoms with Gasteiger partial charge in [-0.1, -0.05) is 29.8 Å². The minimum Gasteiger partial charge on any atom is -0.458 e. The normalized spacial score (nSPS) is 13.6. The smallest absolute Gasteiger partial charge is 0.421 e. The Morgan fingerprint density at radius 1 is 1.06 bits per heavy atom. The first-order valence-electron chi connectivity index (χ1n) is 5.29. The zero-order valence-corrected chi connectivity index (χ0v) is 9.53. The Kier molecular flexibility index (Phi) is 3.17. The Bertz CT molecular complexity index is 526. The molecule has 0 aliphatic rings. The third-order valence-corrected chi connectivity index (χ3v) is 2.54. The number of rotatable bonds is 2. The Morgan fingerprint density at radius 3 is 2.22 bits per heavy atom. The number of halogens is 3. The highest BCUT2D eigenvalue weighted by atomic mass is 19.4. The maximum Gasteiger partial charge on any atom is 0.421 e. The molecule has 0 saturated carbocycles. The number of aliphatic hydroxyl groups excluding tert-OH is 1. The van der Waals surface area contributed by atoms with Crippen LogP contribution in [-0.2, 0) is 0 Å². The van der Waals surface area contributed by atoms with Crippen LogP contribution in [0.1, 0.15) is 17.4 Å². The Morgan fingerprint density at radius 2 is 1.67 bits per heavy atom. The van der Waals surface area contributed by atoms with Gasteiger partial charge < -0.3 is 9.52 Å². The van der Waals surface area contributed by atoms with Crippen LogP contribution in [0.5, 0.6) is 0 Å². The molecule has 1 atom stereocenters. The van der Waals surface area contributed by atoms with E-state index in [0.717, 1.165) is 11.6 Å². The molecule has 18 heavy (non-hydrogen) atoms. The summed E-state index contributed by atoms with van der Waals surface area (Å²) in [6.07, 6.45) is -7.31. The van der Waals surface area contributed by atoms with Crippen LogP contribution in [0.3, 0.4) is 0 Å². The molecule has 0 aliphatic heterocycles. The van der Waals surface area contributed by atoms with Gasteiger partial charge in [-0.05, 0) is 19.1 Å². The summed E-state index contributed by atoms with van der Waals surface area (Å²) >= 11 is 0. The van der Waals surface area contributed by atoms with Gasteiger partial charge in [0.15, 0.2) is 0 Å². The standard InChI is InChI=1S/C13H11F3O2/c1-8-2-4-9(5-3-8)10-6-7-11(18-10)12(17)13(14,15)16/h2-7,12,17H,1H3/t12-/m0/s1. The van der Waals surface area contributed by atoms with Crippen molar-refractivity contribution < 1.29 is 22.7 Å². The lowest BCUT2D eigenvalue weighted by atomic mass is 10.1. The molecule has 2 aromatic rings. The van der Waals surface area contributed by atoms with Gasteiger partial charge in [0.25, 0.3) is 0 Å². The number of alkyl halides is 3. The van der Waals surface area contributed by atoms with Crippen LogP contribution in [0.4, 0.5) is 13.2 Å². The minimum atomic E-state index is -4.72. The van der Waals surface area contributed by atoms with E-state index in [1.54, 1.807) is 12.1 Å². The van der Waals surface area contributed by atoms with Crippen molar-refractivity contribution >= 4 is 0 Å². The molecule has 0 radical (unpaired) electrons. The lowest BCUT2D eigenvalue weighted by Crippen LogP contribution is -2.19. The van der Waals surface area contributed by atoms with Gasteiger partial charge in [0.2, 0.25) is 6.10 Å². The predicted octanol–water partition coefficient (Wildman–Crippen LogP) is 3.85. The summed E-state index contributed by atoms with van der Waals surface area (Å²) in [6, 6.07) is 9.70. The lowest BCUT2D eigenvalue weighted by molar-refractivity contribution is -0.211. The van der Waals surface area contributed by atoms with Crippen molar-refractivity contribution in [1.82, 2.24) is 0 Å². The average molecular weight is 256 g/mol. The Labute approximate surface area is 102 Å². The molecule has 1 N–H and O–H groups in total. The van der Waals surface area contributed by atoms with Gasteiger partial charge >= 0.3 is 6.18 Å². The van der Waals surface area contributed by atoms with E-state index in [0.29, 0.717) is 11.3 Å². The predicted molar refractivity (Wildman–Crippen MR) is 59.9 cm³/mol. The molecule has 2 nitrogen and oxygen atoms in total. The van der Waals surface area contributed by atoms with Crippen molar-refractivity contribution in [2.75, 3.05) is 0 Å². The molecule has 0 unspecified atom stereocenters. The van der Waals surface area contributed by atoms with Crippen molar-refractivity contribution in [3.8, 4) is 11.3 Å². The fourth-order valence-electron chi connectivity index (χ4n) is 1.53. The molecule has 5 heteroatoms. The number of hydrogen-bond acceptors (Lipinski definition) is 2. The van der Waals surface area contributed by atoms with Crippen LogP contribution in [-0.4, -0.2) is 11.3 Å². The van der Waals surface area contributed by atoms with Gasteiger partial charge in [-0.2, -0.15) is 13.2 Å². The Balaban J connectivity index is 2.28. The largest absolute Gasteiger partial charge is 0.458 e. The first-order chi connectivity index (χ1) is 8.38. The maximum atomic E-state index is 12.3. The summed E-state index contributed by atoms with van der Waals surface area (Å²) in [5.74, 6) is -0.202. The minimum absolute atomic E-state index is 0.299. The van der Waals surface area contributed by atoms with E-state index >= 15 is 0 Å². The van der Waals surface area contributed by atoms with Crippen molar-refractivity contribution in [3.63, 3.8) is 0 Å². The van der Waals surface area contributed by atoms with Gasteiger partial charge in [0.05, 0.1) is 0 Å². The molecule has 96 valence electrons. The molecular weight excluding hydrogens is 245 g/mol. The number of benzene rings is 1. The summed E-state index contributed by atoms with van der Waals surface area (Å²) in [4.78, 5) is 0. The van der Waals surface area contributed by atoms with Crippen LogP contribution in [0.2, 0.25) is 0 Å². The van der Waals surface area contributed by atoms with Gasteiger partial charge in [0, 0.05) is 5.56 Å². The van der Waals surface area contributed by atoms with Gasteiger partial charge in [-0.25, -0.2) is 0 Å². The molecular formula is C13H11F3O2. The van der Waals surface area contributed by atoms with Crippen molar-refractivity contribution in [3.05, 3.63) is 47.7 Å². The summed E-state index contributed by atoms with van der Waals surface area (Å²) in [5, 5.41) is 9.04. The van der Waals surface area contributed by atoms with Crippen molar-refractivity contribution in [1.29, 1.82) is 0 Å². The monoisotopic (exact) mass is 256 g/mol. The van der Waals surface area contributed by atoms with E-state index in [9.17, 15) is 13.2 Å². The summed E-state index contributed by atoms with van der Waals surface area (Å²) in [7, 11) is 0. The van der Waals surface area contributed by atoms with E-state index in [2.05, 4.69) is 0 Å². The second kappa shape index (κ2) is 4.49. The summed E-state index contributed by atoms with van der Waals surface area (Å²) in [5.41, 5.74) is 1.71. The molecule has 1 aromatic carbocycles.